The van der Waals surface area contributed by atoms with Gasteiger partial charge >= 0.3 is 0 Å². The Balaban J connectivity index is 1.21. The number of rotatable bonds is 5. The second-order valence-electron chi connectivity index (χ2n) is 7.81. The van der Waals surface area contributed by atoms with Gasteiger partial charge in [-0.15, -0.1) is 0 Å². The summed E-state index contributed by atoms with van der Waals surface area (Å²) in [5.41, 5.74) is 1.89. The maximum absolute atomic E-state index is 5.45. The average molecular weight is 363 g/mol. The summed E-state index contributed by atoms with van der Waals surface area (Å²) in [6.45, 7) is 2.90. The number of hydrogen-bond acceptors (Lipinski definition) is 6. The van der Waals surface area contributed by atoms with Gasteiger partial charge in [-0.3, -0.25) is 4.90 Å². The van der Waals surface area contributed by atoms with Crippen molar-refractivity contribution in [2.45, 2.75) is 44.2 Å². The number of para-hydroxylation sites is 1. The van der Waals surface area contributed by atoms with Gasteiger partial charge in [0.15, 0.2) is 5.58 Å². The first-order valence-corrected chi connectivity index (χ1v) is 9.89. The Morgan fingerprint density at radius 3 is 2.74 bits per heavy atom. The van der Waals surface area contributed by atoms with Crippen LogP contribution < -0.4 is 4.90 Å². The molecule has 6 nitrogen and oxygen atoms in total. The molecule has 0 amide bonds. The van der Waals surface area contributed by atoms with Crippen molar-refractivity contribution < 1.29 is 4.52 Å². The fourth-order valence-electron chi connectivity index (χ4n) is 4.03. The Bertz CT molecular complexity index is 927. The zero-order chi connectivity index (χ0) is 18.2. The molecule has 0 atom stereocenters. The lowest BCUT2D eigenvalue weighted by Gasteiger charge is -2.37. The second kappa shape index (κ2) is 6.93. The van der Waals surface area contributed by atoms with Gasteiger partial charge in [0.2, 0.25) is 0 Å². The molecule has 5 rings (SSSR count). The molecule has 0 unspecified atom stereocenters. The summed E-state index contributed by atoms with van der Waals surface area (Å²) in [5, 5.41) is 5.40. The Hall–Kier alpha value is -2.47. The Labute approximate surface area is 159 Å². The standard InChI is InChI=1S/C21H25N5O/c1-25(14-18-17-4-2-3-5-19(17)27-24-18)16-9-12-26(13-10-16)20-8-11-22-21(23-20)15-6-7-15/h2-5,8,11,15-16H,6-7,9-10,12-14H2,1H3. The molecule has 0 spiro atoms. The molecule has 1 saturated heterocycles. The zero-order valence-corrected chi connectivity index (χ0v) is 15.7. The third kappa shape index (κ3) is 3.41. The Morgan fingerprint density at radius 2 is 1.93 bits per heavy atom. The zero-order valence-electron chi connectivity index (χ0n) is 15.7. The highest BCUT2D eigenvalue weighted by Crippen LogP contribution is 2.38. The van der Waals surface area contributed by atoms with Crippen molar-refractivity contribution in [2.75, 3.05) is 25.0 Å². The second-order valence-corrected chi connectivity index (χ2v) is 7.81. The minimum Gasteiger partial charge on any atom is -0.356 e. The fourth-order valence-corrected chi connectivity index (χ4v) is 4.03. The first-order valence-electron chi connectivity index (χ1n) is 9.89. The van der Waals surface area contributed by atoms with Crippen LogP contribution in [0, 0.1) is 0 Å². The van der Waals surface area contributed by atoms with Gasteiger partial charge in [-0.05, 0) is 50.9 Å². The van der Waals surface area contributed by atoms with E-state index < -0.39 is 0 Å². The number of benzene rings is 1. The van der Waals surface area contributed by atoms with Crippen LogP contribution in [0.25, 0.3) is 11.0 Å². The van der Waals surface area contributed by atoms with E-state index in [9.17, 15) is 0 Å². The fraction of sp³-hybridized carbons (Fsp3) is 0.476. The molecule has 3 aromatic rings. The Morgan fingerprint density at radius 1 is 1.11 bits per heavy atom. The minimum atomic E-state index is 0.557. The molecule has 2 fully saturated rings. The van der Waals surface area contributed by atoms with Crippen LogP contribution in [0.2, 0.25) is 0 Å². The van der Waals surface area contributed by atoms with Crippen LogP contribution in [0.3, 0.4) is 0 Å². The molecule has 27 heavy (non-hydrogen) atoms. The van der Waals surface area contributed by atoms with Gasteiger partial charge in [-0.1, -0.05) is 17.3 Å². The maximum Gasteiger partial charge on any atom is 0.167 e. The lowest BCUT2D eigenvalue weighted by molar-refractivity contribution is 0.196. The van der Waals surface area contributed by atoms with E-state index in [1.54, 1.807) is 0 Å². The highest BCUT2D eigenvalue weighted by atomic mass is 16.5. The van der Waals surface area contributed by atoms with E-state index in [2.05, 4.69) is 39.1 Å². The van der Waals surface area contributed by atoms with Crippen LogP contribution >= 0.6 is 0 Å². The van der Waals surface area contributed by atoms with Crippen molar-refractivity contribution in [3.05, 3.63) is 48.0 Å². The summed E-state index contributed by atoms with van der Waals surface area (Å²) in [7, 11) is 2.19. The largest absolute Gasteiger partial charge is 0.356 e. The van der Waals surface area contributed by atoms with Gasteiger partial charge in [-0.2, -0.15) is 0 Å². The summed E-state index contributed by atoms with van der Waals surface area (Å²) < 4.78 is 5.45. The molecular weight excluding hydrogens is 338 g/mol. The summed E-state index contributed by atoms with van der Waals surface area (Å²) >= 11 is 0. The van der Waals surface area contributed by atoms with E-state index in [0.29, 0.717) is 12.0 Å². The van der Waals surface area contributed by atoms with Crippen LogP contribution in [-0.4, -0.2) is 46.2 Å². The van der Waals surface area contributed by atoms with E-state index in [0.717, 1.165) is 60.8 Å². The van der Waals surface area contributed by atoms with Crippen molar-refractivity contribution in [3.63, 3.8) is 0 Å². The van der Waals surface area contributed by atoms with Crippen molar-refractivity contribution in [1.82, 2.24) is 20.0 Å². The average Bonchev–Trinajstić information content (AvgIpc) is 3.50. The number of hydrogen-bond donors (Lipinski definition) is 0. The van der Waals surface area contributed by atoms with Crippen LogP contribution in [0.1, 0.15) is 43.1 Å². The normalized spacial score (nSPS) is 18.5. The number of fused-ring (bicyclic) bond motifs is 1. The van der Waals surface area contributed by atoms with Gasteiger partial charge in [0.25, 0.3) is 0 Å². The smallest absolute Gasteiger partial charge is 0.167 e. The lowest BCUT2D eigenvalue weighted by Crippen LogP contribution is -2.43. The van der Waals surface area contributed by atoms with E-state index in [4.69, 9.17) is 9.51 Å². The van der Waals surface area contributed by atoms with E-state index in [1.807, 2.05) is 24.4 Å². The molecule has 1 saturated carbocycles. The van der Waals surface area contributed by atoms with Gasteiger partial charge in [0.1, 0.15) is 17.3 Å². The molecule has 2 aliphatic rings. The SMILES string of the molecule is CN(Cc1noc2ccccc12)C1CCN(c2ccnc(C3CC3)n2)CC1. The number of aromatic nitrogens is 3. The van der Waals surface area contributed by atoms with Crippen LogP contribution in [0.4, 0.5) is 5.82 Å². The lowest BCUT2D eigenvalue weighted by atomic mass is 10.0. The minimum absolute atomic E-state index is 0.557. The molecule has 1 aromatic carbocycles. The number of piperidine rings is 1. The molecule has 0 radical (unpaired) electrons. The van der Waals surface area contributed by atoms with Crippen molar-refractivity contribution in [1.29, 1.82) is 0 Å². The molecule has 0 N–H and O–H groups in total. The summed E-state index contributed by atoms with van der Waals surface area (Å²) in [6.07, 6.45) is 6.67. The molecule has 6 heteroatoms. The van der Waals surface area contributed by atoms with Crippen LogP contribution in [-0.2, 0) is 6.54 Å². The Kier molecular flexibility index (Phi) is 4.28. The van der Waals surface area contributed by atoms with Gasteiger partial charge in [0.05, 0.1) is 0 Å². The van der Waals surface area contributed by atoms with E-state index in [1.165, 1.54) is 12.8 Å². The van der Waals surface area contributed by atoms with Crippen molar-refractivity contribution in [3.8, 4) is 0 Å². The summed E-state index contributed by atoms with van der Waals surface area (Å²) in [5.74, 6) is 2.73. The number of anilines is 1. The summed E-state index contributed by atoms with van der Waals surface area (Å²) in [6, 6.07) is 10.7. The van der Waals surface area contributed by atoms with Crippen LogP contribution in [0.5, 0.6) is 0 Å². The van der Waals surface area contributed by atoms with E-state index >= 15 is 0 Å². The van der Waals surface area contributed by atoms with Crippen molar-refractivity contribution in [2.24, 2.45) is 0 Å². The van der Waals surface area contributed by atoms with Gasteiger partial charge in [-0.25, -0.2) is 9.97 Å². The number of nitrogens with zero attached hydrogens (tertiary/aromatic N) is 5. The predicted octanol–water partition coefficient (Wildman–Crippen LogP) is 3.60. The molecule has 1 aliphatic carbocycles. The highest BCUT2D eigenvalue weighted by Gasteiger charge is 2.28. The first-order chi connectivity index (χ1) is 13.3. The molecule has 140 valence electrons. The van der Waals surface area contributed by atoms with Crippen molar-refractivity contribution >= 4 is 16.8 Å². The van der Waals surface area contributed by atoms with Crippen LogP contribution in [0.15, 0.2) is 41.1 Å². The molecule has 0 bridgehead atoms. The quantitative estimate of drug-likeness (QED) is 0.690. The topological polar surface area (TPSA) is 58.3 Å². The van der Waals surface area contributed by atoms with E-state index in [-0.39, 0.29) is 0 Å². The monoisotopic (exact) mass is 363 g/mol. The van der Waals surface area contributed by atoms with Gasteiger partial charge < -0.3 is 9.42 Å². The third-order valence-corrected chi connectivity index (χ3v) is 5.87. The first kappa shape index (κ1) is 16.7. The third-order valence-electron chi connectivity index (χ3n) is 5.87. The molecule has 2 aromatic heterocycles. The highest BCUT2D eigenvalue weighted by molar-refractivity contribution is 5.79. The predicted molar refractivity (Wildman–Crippen MR) is 105 cm³/mol. The summed E-state index contributed by atoms with van der Waals surface area (Å²) in [4.78, 5) is 14.1. The maximum atomic E-state index is 5.45. The molecule has 3 heterocycles. The molecular formula is C21H25N5O. The van der Waals surface area contributed by atoms with Gasteiger partial charge in [0, 0.05) is 43.2 Å². The molecule has 1 aliphatic heterocycles.